The molecule has 2 heterocycles. The van der Waals surface area contributed by atoms with E-state index in [0.717, 1.165) is 0 Å². The third-order valence-electron chi connectivity index (χ3n) is 2.09. The minimum absolute atomic E-state index is 0.0336. The van der Waals surface area contributed by atoms with Gasteiger partial charge < -0.3 is 5.11 Å². The summed E-state index contributed by atoms with van der Waals surface area (Å²) in [6, 6.07) is 3.34. The number of hydrogen-bond donors (Lipinski definition) is 1. The first-order chi connectivity index (χ1) is 7.70. The fourth-order valence-corrected chi connectivity index (χ4v) is 1.21. The van der Waals surface area contributed by atoms with Gasteiger partial charge in [-0.05, 0) is 19.1 Å². The fourth-order valence-electron chi connectivity index (χ4n) is 1.21. The smallest absolute Gasteiger partial charge is 0.161 e. The molecule has 16 heavy (non-hydrogen) atoms. The molecule has 6 heteroatoms. The van der Waals surface area contributed by atoms with E-state index in [-0.39, 0.29) is 12.4 Å². The van der Waals surface area contributed by atoms with Gasteiger partial charge in [-0.2, -0.15) is 0 Å². The molecule has 82 valence electrons. The lowest BCUT2D eigenvalue weighted by atomic mass is 10.2. The molecule has 0 amide bonds. The first-order valence-corrected chi connectivity index (χ1v) is 4.70. The molecule has 2 aromatic rings. The van der Waals surface area contributed by atoms with E-state index in [2.05, 4.69) is 15.3 Å². The predicted octanol–water partition coefficient (Wildman–Crippen LogP) is 0.357. The number of aromatic nitrogens is 4. The summed E-state index contributed by atoms with van der Waals surface area (Å²) >= 11 is 0. The quantitative estimate of drug-likeness (QED) is 0.752. The van der Waals surface area contributed by atoms with E-state index >= 15 is 0 Å². The number of aliphatic hydroxyl groups is 1. The third kappa shape index (κ3) is 1.96. The topological polar surface area (TPSA) is 80.9 Å². The van der Waals surface area contributed by atoms with Crippen LogP contribution in [0.15, 0.2) is 24.5 Å². The van der Waals surface area contributed by atoms with Gasteiger partial charge in [0.2, 0.25) is 0 Å². The predicted molar refractivity (Wildman–Crippen MR) is 55.1 cm³/mol. The van der Waals surface area contributed by atoms with Crippen molar-refractivity contribution in [3.8, 4) is 5.82 Å². The highest BCUT2D eigenvalue weighted by Crippen LogP contribution is 2.05. The normalized spacial score (nSPS) is 10.4. The van der Waals surface area contributed by atoms with E-state index in [4.69, 9.17) is 5.11 Å². The highest BCUT2D eigenvalue weighted by atomic mass is 16.3. The van der Waals surface area contributed by atoms with Crippen LogP contribution in [0.5, 0.6) is 0 Å². The first-order valence-electron chi connectivity index (χ1n) is 4.70. The van der Waals surface area contributed by atoms with Crippen molar-refractivity contribution in [2.24, 2.45) is 0 Å². The van der Waals surface area contributed by atoms with Gasteiger partial charge in [-0.25, -0.2) is 9.67 Å². The Morgan fingerprint density at radius 2 is 2.31 bits per heavy atom. The van der Waals surface area contributed by atoms with Crippen LogP contribution in [0.4, 0.5) is 0 Å². The second-order valence-electron chi connectivity index (χ2n) is 3.27. The van der Waals surface area contributed by atoms with Crippen molar-refractivity contribution >= 4 is 5.78 Å². The van der Waals surface area contributed by atoms with E-state index in [1.54, 1.807) is 18.3 Å². The van der Waals surface area contributed by atoms with Gasteiger partial charge in [-0.3, -0.25) is 4.79 Å². The van der Waals surface area contributed by atoms with Crippen molar-refractivity contribution in [2.75, 3.05) is 0 Å². The van der Waals surface area contributed by atoms with Crippen molar-refractivity contribution in [3.05, 3.63) is 35.8 Å². The zero-order valence-corrected chi connectivity index (χ0v) is 8.66. The molecule has 2 aromatic heterocycles. The molecular formula is C10H10N4O2. The molecule has 1 N–H and O–H groups in total. The Hall–Kier alpha value is -2.08. The van der Waals surface area contributed by atoms with Crippen molar-refractivity contribution in [3.63, 3.8) is 0 Å². The van der Waals surface area contributed by atoms with Crippen LogP contribution >= 0.6 is 0 Å². The summed E-state index contributed by atoms with van der Waals surface area (Å²) in [5, 5.41) is 16.3. The Morgan fingerprint density at radius 3 is 2.81 bits per heavy atom. The van der Waals surface area contributed by atoms with Gasteiger partial charge in [0.15, 0.2) is 11.6 Å². The number of hydrogen-bond acceptors (Lipinski definition) is 5. The second kappa shape index (κ2) is 4.19. The lowest BCUT2D eigenvalue weighted by molar-refractivity contribution is 0.101. The Kier molecular flexibility index (Phi) is 2.74. The zero-order valence-electron chi connectivity index (χ0n) is 8.66. The molecule has 0 aromatic carbocycles. The van der Waals surface area contributed by atoms with E-state index in [0.29, 0.717) is 17.1 Å². The Labute approximate surface area is 91.6 Å². The maximum Gasteiger partial charge on any atom is 0.161 e. The van der Waals surface area contributed by atoms with Gasteiger partial charge in [0.25, 0.3) is 0 Å². The highest BCUT2D eigenvalue weighted by molar-refractivity contribution is 5.93. The van der Waals surface area contributed by atoms with Crippen LogP contribution in [0.25, 0.3) is 5.82 Å². The summed E-state index contributed by atoms with van der Waals surface area (Å²) in [5.41, 5.74) is 1.02. The first kappa shape index (κ1) is 10.4. The van der Waals surface area contributed by atoms with Crippen LogP contribution < -0.4 is 0 Å². The van der Waals surface area contributed by atoms with Gasteiger partial charge in [-0.1, -0.05) is 5.21 Å². The number of Topliss-reactive ketones (excluding diaryl/α,β-unsaturated/α-hetero) is 1. The minimum Gasteiger partial charge on any atom is -0.390 e. The Morgan fingerprint density at radius 1 is 1.50 bits per heavy atom. The van der Waals surface area contributed by atoms with E-state index in [1.807, 2.05) is 0 Å². The average molecular weight is 218 g/mol. The lowest BCUT2D eigenvalue weighted by Gasteiger charge is -1.99. The molecule has 6 nitrogen and oxygen atoms in total. The van der Waals surface area contributed by atoms with Crippen LogP contribution in [0.3, 0.4) is 0 Å². The average Bonchev–Trinajstić information content (AvgIpc) is 2.77. The molecule has 0 unspecified atom stereocenters. The van der Waals surface area contributed by atoms with Gasteiger partial charge in [0, 0.05) is 11.8 Å². The van der Waals surface area contributed by atoms with Crippen LogP contribution in [-0.4, -0.2) is 30.9 Å². The molecule has 0 aliphatic rings. The molecule has 0 spiro atoms. The molecule has 0 atom stereocenters. The molecule has 0 aliphatic carbocycles. The van der Waals surface area contributed by atoms with Gasteiger partial charge in [0.1, 0.15) is 5.69 Å². The highest BCUT2D eigenvalue weighted by Gasteiger charge is 2.04. The third-order valence-corrected chi connectivity index (χ3v) is 2.09. The van der Waals surface area contributed by atoms with E-state index in [1.165, 1.54) is 17.8 Å². The number of rotatable bonds is 3. The van der Waals surface area contributed by atoms with Crippen molar-refractivity contribution in [1.82, 2.24) is 20.0 Å². The molecule has 0 bridgehead atoms. The maximum absolute atomic E-state index is 11.0. The van der Waals surface area contributed by atoms with Crippen molar-refractivity contribution in [1.29, 1.82) is 0 Å². The van der Waals surface area contributed by atoms with Crippen LogP contribution in [0.1, 0.15) is 23.0 Å². The molecule has 0 aliphatic heterocycles. The lowest BCUT2D eigenvalue weighted by Crippen LogP contribution is -2.00. The zero-order chi connectivity index (χ0) is 11.5. The summed E-state index contributed by atoms with van der Waals surface area (Å²) in [4.78, 5) is 15.1. The van der Waals surface area contributed by atoms with Gasteiger partial charge in [0.05, 0.1) is 12.8 Å². The summed E-state index contributed by atoms with van der Waals surface area (Å²) in [5.74, 6) is 0.519. The van der Waals surface area contributed by atoms with Crippen LogP contribution in [0, 0.1) is 0 Å². The molecule has 0 saturated carbocycles. The number of aliphatic hydroxyl groups excluding tert-OH is 1. The number of ketones is 1. The Balaban J connectivity index is 2.30. The van der Waals surface area contributed by atoms with Crippen molar-refractivity contribution < 1.29 is 9.90 Å². The Bertz CT molecular complexity index is 504. The number of nitrogens with zero attached hydrogens (tertiary/aromatic N) is 4. The van der Waals surface area contributed by atoms with Crippen LogP contribution in [0.2, 0.25) is 0 Å². The molecule has 0 fully saturated rings. The maximum atomic E-state index is 11.0. The van der Waals surface area contributed by atoms with E-state index in [9.17, 15) is 4.79 Å². The largest absolute Gasteiger partial charge is 0.390 e. The number of pyridine rings is 1. The second-order valence-corrected chi connectivity index (χ2v) is 3.27. The summed E-state index contributed by atoms with van der Waals surface area (Å²) < 4.78 is 1.44. The standard InChI is InChI=1S/C10H10N4O2/c1-7(16)8-2-3-10(11-4-8)14-5-9(6-15)12-13-14/h2-5,15H,6H2,1H3. The molecule has 0 radical (unpaired) electrons. The fraction of sp³-hybridized carbons (Fsp3) is 0.200. The SMILES string of the molecule is CC(=O)c1ccc(-n2cc(CO)nn2)nc1. The number of carbonyl (C=O) groups is 1. The molecule has 0 saturated heterocycles. The summed E-state index contributed by atoms with van der Waals surface area (Å²) in [7, 11) is 0. The summed E-state index contributed by atoms with van der Waals surface area (Å²) in [6.45, 7) is 1.32. The molecule has 2 rings (SSSR count). The van der Waals surface area contributed by atoms with Gasteiger partial charge in [-0.15, -0.1) is 5.10 Å². The minimum atomic E-state index is -0.161. The summed E-state index contributed by atoms with van der Waals surface area (Å²) in [6.07, 6.45) is 3.06. The van der Waals surface area contributed by atoms with E-state index < -0.39 is 0 Å². The molecular weight excluding hydrogens is 208 g/mol. The van der Waals surface area contributed by atoms with Crippen molar-refractivity contribution in [2.45, 2.75) is 13.5 Å². The number of carbonyl (C=O) groups excluding carboxylic acids is 1. The monoisotopic (exact) mass is 218 g/mol. The van der Waals surface area contributed by atoms with Crippen LogP contribution in [-0.2, 0) is 6.61 Å². The van der Waals surface area contributed by atoms with Gasteiger partial charge >= 0.3 is 0 Å².